The highest BCUT2D eigenvalue weighted by Crippen LogP contribution is 2.22. The van der Waals surface area contributed by atoms with Crippen LogP contribution < -0.4 is 10.2 Å². The molecule has 0 atom stereocenters. The number of rotatable bonds is 3. The molecule has 106 valence electrons. The van der Waals surface area contributed by atoms with Gasteiger partial charge in [-0.25, -0.2) is 4.79 Å². The Morgan fingerprint density at radius 2 is 2.20 bits per heavy atom. The Bertz CT molecular complexity index is 552. The van der Waals surface area contributed by atoms with Crippen molar-refractivity contribution in [3.8, 4) is 0 Å². The summed E-state index contributed by atoms with van der Waals surface area (Å²) in [4.78, 5) is 24.0. The summed E-state index contributed by atoms with van der Waals surface area (Å²) >= 11 is 0. The Morgan fingerprint density at radius 3 is 2.90 bits per heavy atom. The Balaban J connectivity index is 2.16. The summed E-state index contributed by atoms with van der Waals surface area (Å²) in [7, 11) is 0. The van der Waals surface area contributed by atoms with Gasteiger partial charge in [0.15, 0.2) is 0 Å². The standard InChI is InChI=1S/C15H18N2O3/c1-11-10-12(3-5-15(19)20)2-4-13(11)17-8-6-14(18)16-7-9-17/h2-5,10H,6-9H2,1H3,(H,16,18)(H,19,20). The van der Waals surface area contributed by atoms with E-state index >= 15 is 0 Å². The minimum absolute atomic E-state index is 0.0890. The van der Waals surface area contributed by atoms with E-state index in [1.165, 1.54) is 0 Å². The fourth-order valence-electron chi connectivity index (χ4n) is 2.31. The first-order valence-electron chi connectivity index (χ1n) is 6.59. The molecule has 20 heavy (non-hydrogen) atoms. The molecular weight excluding hydrogens is 256 g/mol. The van der Waals surface area contributed by atoms with E-state index in [0.717, 1.165) is 29.4 Å². The highest BCUT2D eigenvalue weighted by molar-refractivity contribution is 5.85. The largest absolute Gasteiger partial charge is 0.478 e. The first-order chi connectivity index (χ1) is 9.56. The second-order valence-corrected chi connectivity index (χ2v) is 4.80. The van der Waals surface area contributed by atoms with Crippen LogP contribution in [0, 0.1) is 6.92 Å². The number of nitrogens with zero attached hydrogens (tertiary/aromatic N) is 1. The van der Waals surface area contributed by atoms with Crippen LogP contribution in [0.15, 0.2) is 24.3 Å². The van der Waals surface area contributed by atoms with E-state index in [9.17, 15) is 9.59 Å². The molecule has 1 amide bonds. The first kappa shape index (κ1) is 14.1. The van der Waals surface area contributed by atoms with Crippen LogP contribution in [0.2, 0.25) is 0 Å². The summed E-state index contributed by atoms with van der Waals surface area (Å²) < 4.78 is 0. The summed E-state index contributed by atoms with van der Waals surface area (Å²) in [5.41, 5.74) is 3.03. The molecule has 2 rings (SSSR count). The molecule has 2 N–H and O–H groups in total. The number of carboxylic acids is 1. The summed E-state index contributed by atoms with van der Waals surface area (Å²) in [6.45, 7) is 4.14. The zero-order valence-corrected chi connectivity index (χ0v) is 11.4. The van der Waals surface area contributed by atoms with Crippen LogP contribution >= 0.6 is 0 Å². The van der Waals surface area contributed by atoms with Gasteiger partial charge in [0.1, 0.15) is 0 Å². The quantitative estimate of drug-likeness (QED) is 0.818. The van der Waals surface area contributed by atoms with Gasteiger partial charge in [0, 0.05) is 37.8 Å². The van der Waals surface area contributed by atoms with Gasteiger partial charge in [-0.05, 0) is 36.3 Å². The van der Waals surface area contributed by atoms with E-state index in [2.05, 4.69) is 10.2 Å². The van der Waals surface area contributed by atoms with E-state index < -0.39 is 5.97 Å². The molecule has 1 aliphatic heterocycles. The lowest BCUT2D eigenvalue weighted by molar-refractivity contribution is -0.131. The Morgan fingerprint density at radius 1 is 1.40 bits per heavy atom. The van der Waals surface area contributed by atoms with Gasteiger partial charge >= 0.3 is 5.97 Å². The first-order valence-corrected chi connectivity index (χ1v) is 6.59. The number of anilines is 1. The van der Waals surface area contributed by atoms with E-state index in [1.807, 2.05) is 25.1 Å². The number of benzene rings is 1. The maximum atomic E-state index is 11.3. The fraction of sp³-hybridized carbons (Fsp3) is 0.333. The third kappa shape index (κ3) is 3.60. The number of amides is 1. The Labute approximate surface area is 117 Å². The van der Waals surface area contributed by atoms with Gasteiger partial charge in [0.2, 0.25) is 5.91 Å². The van der Waals surface area contributed by atoms with Gasteiger partial charge in [0.05, 0.1) is 0 Å². The molecule has 5 nitrogen and oxygen atoms in total. The number of nitrogens with one attached hydrogen (secondary N) is 1. The monoisotopic (exact) mass is 274 g/mol. The van der Waals surface area contributed by atoms with Crippen molar-refractivity contribution in [2.24, 2.45) is 0 Å². The van der Waals surface area contributed by atoms with Crippen LogP contribution in [-0.4, -0.2) is 36.6 Å². The summed E-state index contributed by atoms with van der Waals surface area (Å²) in [5.74, 6) is -0.866. The van der Waals surface area contributed by atoms with Gasteiger partial charge in [-0.2, -0.15) is 0 Å². The molecule has 0 unspecified atom stereocenters. The molecular formula is C15H18N2O3. The molecule has 5 heteroatoms. The molecule has 1 aromatic carbocycles. The lowest BCUT2D eigenvalue weighted by atomic mass is 10.1. The summed E-state index contributed by atoms with van der Waals surface area (Å²) in [6.07, 6.45) is 3.20. The SMILES string of the molecule is Cc1cc(C=CC(=O)O)ccc1N1CCNC(=O)CC1. The highest BCUT2D eigenvalue weighted by atomic mass is 16.4. The van der Waals surface area contributed by atoms with Crippen LogP contribution in [-0.2, 0) is 9.59 Å². The minimum atomic E-state index is -0.955. The second kappa shape index (κ2) is 6.23. The van der Waals surface area contributed by atoms with E-state index in [1.54, 1.807) is 6.08 Å². The zero-order valence-electron chi connectivity index (χ0n) is 11.4. The van der Waals surface area contributed by atoms with Crippen molar-refractivity contribution in [2.75, 3.05) is 24.5 Å². The van der Waals surface area contributed by atoms with Crippen molar-refractivity contribution >= 4 is 23.6 Å². The lowest BCUT2D eigenvalue weighted by Crippen LogP contribution is -2.28. The highest BCUT2D eigenvalue weighted by Gasteiger charge is 2.15. The molecule has 0 radical (unpaired) electrons. The zero-order chi connectivity index (χ0) is 14.5. The Hall–Kier alpha value is -2.30. The van der Waals surface area contributed by atoms with Crippen LogP contribution in [0.4, 0.5) is 5.69 Å². The van der Waals surface area contributed by atoms with Crippen LogP contribution in [0.3, 0.4) is 0 Å². The molecule has 1 fully saturated rings. The number of aliphatic carboxylic acids is 1. The van der Waals surface area contributed by atoms with Gasteiger partial charge in [0.25, 0.3) is 0 Å². The molecule has 1 aliphatic rings. The van der Waals surface area contributed by atoms with Crippen LogP contribution in [0.5, 0.6) is 0 Å². The van der Waals surface area contributed by atoms with E-state index in [4.69, 9.17) is 5.11 Å². The number of carbonyl (C=O) groups excluding carboxylic acids is 1. The number of carbonyl (C=O) groups is 2. The van der Waals surface area contributed by atoms with Crippen molar-refractivity contribution in [2.45, 2.75) is 13.3 Å². The number of hydrogen-bond acceptors (Lipinski definition) is 3. The molecule has 0 saturated carbocycles. The number of hydrogen-bond donors (Lipinski definition) is 2. The van der Waals surface area contributed by atoms with E-state index in [0.29, 0.717) is 19.5 Å². The second-order valence-electron chi connectivity index (χ2n) is 4.80. The molecule has 0 aromatic heterocycles. The maximum absolute atomic E-state index is 11.3. The van der Waals surface area contributed by atoms with Gasteiger partial charge in [-0.1, -0.05) is 6.07 Å². The summed E-state index contributed by atoms with van der Waals surface area (Å²) in [6, 6.07) is 5.82. The molecule has 1 saturated heterocycles. The van der Waals surface area contributed by atoms with Gasteiger partial charge in [-0.15, -0.1) is 0 Å². The van der Waals surface area contributed by atoms with Crippen molar-refractivity contribution < 1.29 is 14.7 Å². The summed E-state index contributed by atoms with van der Waals surface area (Å²) in [5, 5.41) is 11.5. The molecule has 0 spiro atoms. The normalized spacial score (nSPS) is 16.1. The average Bonchev–Trinajstić information content (AvgIpc) is 2.61. The molecule has 0 aliphatic carbocycles. The van der Waals surface area contributed by atoms with Crippen molar-refractivity contribution in [3.63, 3.8) is 0 Å². The Kier molecular flexibility index (Phi) is 4.40. The van der Waals surface area contributed by atoms with Crippen molar-refractivity contribution in [1.82, 2.24) is 5.32 Å². The van der Waals surface area contributed by atoms with Crippen LogP contribution in [0.1, 0.15) is 17.5 Å². The number of aryl methyl sites for hydroxylation is 1. The molecule has 1 aromatic rings. The molecule has 0 bridgehead atoms. The topological polar surface area (TPSA) is 69.6 Å². The van der Waals surface area contributed by atoms with E-state index in [-0.39, 0.29) is 5.91 Å². The lowest BCUT2D eigenvalue weighted by Gasteiger charge is -2.24. The fourth-order valence-corrected chi connectivity index (χ4v) is 2.31. The predicted molar refractivity (Wildman–Crippen MR) is 77.7 cm³/mol. The predicted octanol–water partition coefficient (Wildman–Crippen LogP) is 1.42. The smallest absolute Gasteiger partial charge is 0.328 e. The van der Waals surface area contributed by atoms with Gasteiger partial charge < -0.3 is 15.3 Å². The third-order valence-electron chi connectivity index (χ3n) is 3.29. The number of carboxylic acid groups (broad SMARTS) is 1. The molecule has 1 heterocycles. The maximum Gasteiger partial charge on any atom is 0.328 e. The van der Waals surface area contributed by atoms with Gasteiger partial charge in [-0.3, -0.25) is 4.79 Å². The third-order valence-corrected chi connectivity index (χ3v) is 3.29. The van der Waals surface area contributed by atoms with Crippen molar-refractivity contribution in [3.05, 3.63) is 35.4 Å². The van der Waals surface area contributed by atoms with Crippen LogP contribution in [0.25, 0.3) is 6.08 Å². The minimum Gasteiger partial charge on any atom is -0.478 e. The van der Waals surface area contributed by atoms with Crippen molar-refractivity contribution in [1.29, 1.82) is 0 Å². The average molecular weight is 274 g/mol.